The van der Waals surface area contributed by atoms with Crippen molar-refractivity contribution in [1.82, 2.24) is 35.0 Å². The van der Waals surface area contributed by atoms with Crippen LogP contribution in [0.3, 0.4) is 0 Å². The van der Waals surface area contributed by atoms with Gasteiger partial charge in [0.05, 0.1) is 6.54 Å². The third-order valence-corrected chi connectivity index (χ3v) is 6.27. The van der Waals surface area contributed by atoms with Gasteiger partial charge in [0.25, 0.3) is 0 Å². The maximum atomic E-state index is 12.6. The molecule has 9 nitrogen and oxygen atoms in total. The topological polar surface area (TPSA) is 83.3 Å². The Morgan fingerprint density at radius 3 is 2.53 bits per heavy atom. The van der Waals surface area contributed by atoms with Gasteiger partial charge < -0.3 is 9.80 Å². The molecule has 2 aliphatic rings. The van der Waals surface area contributed by atoms with Crippen LogP contribution in [0.1, 0.15) is 38.4 Å². The molecule has 2 aromatic heterocycles. The van der Waals surface area contributed by atoms with Gasteiger partial charge in [0.15, 0.2) is 5.82 Å². The third kappa shape index (κ3) is 5.33. The number of piperazine rings is 1. The third-order valence-electron chi connectivity index (χ3n) is 6.27. The monoisotopic (exact) mass is 412 g/mol. The van der Waals surface area contributed by atoms with E-state index in [4.69, 9.17) is 0 Å². The first-order valence-corrected chi connectivity index (χ1v) is 11.1. The van der Waals surface area contributed by atoms with E-state index in [0.717, 1.165) is 64.0 Å². The summed E-state index contributed by atoms with van der Waals surface area (Å²) < 4.78 is 1.87. The van der Waals surface area contributed by atoms with Gasteiger partial charge in [0.1, 0.15) is 0 Å². The molecule has 4 rings (SSSR count). The number of hydrogen-bond acceptors (Lipinski definition) is 7. The Kier molecular flexibility index (Phi) is 6.88. The first-order chi connectivity index (χ1) is 14.7. The van der Waals surface area contributed by atoms with E-state index in [-0.39, 0.29) is 5.91 Å². The number of likely N-dealkylation sites (tertiary alicyclic amines) is 1. The second-order valence-electron chi connectivity index (χ2n) is 8.45. The number of anilines is 1. The van der Waals surface area contributed by atoms with Gasteiger partial charge in [0.2, 0.25) is 5.91 Å². The molecule has 9 heteroatoms. The summed E-state index contributed by atoms with van der Waals surface area (Å²) in [5.74, 6) is 1.95. The minimum absolute atomic E-state index is 0.226. The van der Waals surface area contributed by atoms with Crippen LogP contribution in [0.15, 0.2) is 24.5 Å². The molecule has 2 aliphatic heterocycles. The highest BCUT2D eigenvalue weighted by Crippen LogP contribution is 2.18. The lowest BCUT2D eigenvalue weighted by Crippen LogP contribution is -2.48. The highest BCUT2D eigenvalue weighted by Gasteiger charge is 2.22. The van der Waals surface area contributed by atoms with Crippen molar-refractivity contribution in [3.63, 3.8) is 0 Å². The number of hydrogen-bond donors (Lipinski definition) is 0. The number of carbonyl (C=O) groups is 1. The number of amides is 1. The lowest BCUT2D eigenvalue weighted by molar-refractivity contribution is -0.131. The summed E-state index contributed by atoms with van der Waals surface area (Å²) in [6.07, 6.45) is 7.40. The molecule has 0 aliphatic carbocycles. The Morgan fingerprint density at radius 2 is 1.80 bits per heavy atom. The molecule has 1 amide bonds. The van der Waals surface area contributed by atoms with E-state index >= 15 is 0 Å². The second-order valence-corrected chi connectivity index (χ2v) is 8.45. The van der Waals surface area contributed by atoms with E-state index in [0.29, 0.717) is 13.0 Å². The second kappa shape index (κ2) is 9.97. The van der Waals surface area contributed by atoms with Crippen LogP contribution in [0.5, 0.6) is 0 Å². The number of tetrazole rings is 1. The van der Waals surface area contributed by atoms with Crippen LogP contribution in [-0.4, -0.2) is 80.2 Å². The predicted octanol–water partition coefficient (Wildman–Crippen LogP) is 1.43. The van der Waals surface area contributed by atoms with E-state index in [2.05, 4.69) is 37.2 Å². The van der Waals surface area contributed by atoms with E-state index in [1.807, 2.05) is 34.1 Å². The molecule has 0 bridgehead atoms. The van der Waals surface area contributed by atoms with Gasteiger partial charge >= 0.3 is 0 Å². The summed E-state index contributed by atoms with van der Waals surface area (Å²) in [5.41, 5.74) is 1.17. The fourth-order valence-corrected chi connectivity index (χ4v) is 4.24. The van der Waals surface area contributed by atoms with Gasteiger partial charge in [-0.25, -0.2) is 4.68 Å². The van der Waals surface area contributed by atoms with Gasteiger partial charge in [-0.1, -0.05) is 6.92 Å². The molecule has 30 heavy (non-hydrogen) atoms. The predicted molar refractivity (Wildman–Crippen MR) is 114 cm³/mol. The van der Waals surface area contributed by atoms with Gasteiger partial charge in [0, 0.05) is 57.2 Å². The Bertz CT molecular complexity index is 794. The molecule has 2 aromatic rings. The van der Waals surface area contributed by atoms with Crippen molar-refractivity contribution in [2.45, 2.75) is 45.7 Å². The highest BCUT2D eigenvalue weighted by atomic mass is 16.2. The zero-order valence-corrected chi connectivity index (χ0v) is 17.9. The smallest absolute Gasteiger partial charge is 0.222 e. The minimum Gasteiger partial charge on any atom is -0.368 e. The molecular formula is C21H32N8O. The molecule has 0 unspecified atom stereocenters. The molecule has 0 N–H and O–H groups in total. The zero-order chi connectivity index (χ0) is 20.8. The van der Waals surface area contributed by atoms with Gasteiger partial charge in [-0.15, -0.1) is 5.10 Å². The quantitative estimate of drug-likeness (QED) is 0.680. The van der Waals surface area contributed by atoms with Gasteiger partial charge in [-0.3, -0.25) is 14.7 Å². The summed E-state index contributed by atoms with van der Waals surface area (Å²) in [7, 11) is 0. The number of rotatable bonds is 7. The number of aryl methyl sites for hydroxylation is 1. The van der Waals surface area contributed by atoms with Crippen LogP contribution in [0.25, 0.3) is 0 Å². The van der Waals surface area contributed by atoms with Crippen molar-refractivity contribution in [2.24, 2.45) is 5.92 Å². The van der Waals surface area contributed by atoms with E-state index in [1.54, 1.807) is 0 Å². The fourth-order valence-electron chi connectivity index (χ4n) is 4.24. The van der Waals surface area contributed by atoms with Gasteiger partial charge in [-0.2, -0.15) is 0 Å². The van der Waals surface area contributed by atoms with Crippen molar-refractivity contribution in [2.75, 3.05) is 44.2 Å². The Balaban J connectivity index is 1.19. The van der Waals surface area contributed by atoms with Crippen molar-refractivity contribution in [3.05, 3.63) is 30.4 Å². The minimum atomic E-state index is 0.226. The number of aromatic nitrogens is 5. The van der Waals surface area contributed by atoms with Gasteiger partial charge in [-0.05, 0) is 60.8 Å². The first-order valence-electron chi connectivity index (χ1n) is 11.1. The number of piperidine rings is 1. The Morgan fingerprint density at radius 1 is 1.07 bits per heavy atom. The van der Waals surface area contributed by atoms with Crippen LogP contribution < -0.4 is 4.90 Å². The lowest BCUT2D eigenvalue weighted by Gasteiger charge is -2.36. The molecule has 4 heterocycles. The summed E-state index contributed by atoms with van der Waals surface area (Å²) in [6.45, 7) is 9.28. The molecule has 0 radical (unpaired) electrons. The first kappa shape index (κ1) is 20.7. The fraction of sp³-hybridized carbons (Fsp3) is 0.667. The molecule has 0 saturated carbocycles. The zero-order valence-electron chi connectivity index (χ0n) is 17.9. The summed E-state index contributed by atoms with van der Waals surface area (Å²) in [4.78, 5) is 23.4. The normalized spacial score (nSPS) is 18.7. The number of carbonyl (C=O) groups excluding carboxylic acids is 1. The van der Waals surface area contributed by atoms with Crippen LogP contribution >= 0.6 is 0 Å². The molecule has 2 fully saturated rings. The Hall–Kier alpha value is -2.55. The molecular weight excluding hydrogens is 380 g/mol. The van der Waals surface area contributed by atoms with Crippen LogP contribution in [-0.2, 0) is 17.9 Å². The molecule has 0 atom stereocenters. The Labute approximate surface area is 178 Å². The van der Waals surface area contributed by atoms with Crippen molar-refractivity contribution in [1.29, 1.82) is 0 Å². The number of pyridine rings is 1. The average molecular weight is 413 g/mol. The maximum absolute atomic E-state index is 12.6. The van der Waals surface area contributed by atoms with E-state index < -0.39 is 0 Å². The SMILES string of the molecule is CC1CCN(Cc2nnnn2CCCC(=O)N2CCN(c3ccncc3)CC2)CC1. The molecule has 0 aromatic carbocycles. The summed E-state index contributed by atoms with van der Waals surface area (Å²) in [5, 5.41) is 12.2. The molecule has 162 valence electrons. The standard InChI is InChI=1S/C21H32N8O/c1-18-6-11-26(12-7-18)17-20-23-24-25-29(20)10-2-3-21(30)28-15-13-27(14-16-28)19-4-8-22-9-5-19/h4-5,8-9,18H,2-3,6-7,10-17H2,1H3. The summed E-state index contributed by atoms with van der Waals surface area (Å²) >= 11 is 0. The molecule has 0 spiro atoms. The van der Waals surface area contributed by atoms with Crippen molar-refractivity contribution in [3.8, 4) is 0 Å². The highest BCUT2D eigenvalue weighted by molar-refractivity contribution is 5.76. The van der Waals surface area contributed by atoms with Crippen molar-refractivity contribution >= 4 is 11.6 Å². The van der Waals surface area contributed by atoms with Crippen LogP contribution in [0.2, 0.25) is 0 Å². The van der Waals surface area contributed by atoms with Crippen LogP contribution in [0.4, 0.5) is 5.69 Å². The lowest BCUT2D eigenvalue weighted by atomic mass is 9.99. The number of nitrogens with zero attached hydrogens (tertiary/aromatic N) is 8. The van der Waals surface area contributed by atoms with E-state index in [9.17, 15) is 4.79 Å². The average Bonchev–Trinajstić information content (AvgIpc) is 3.23. The van der Waals surface area contributed by atoms with E-state index in [1.165, 1.54) is 18.5 Å². The largest absolute Gasteiger partial charge is 0.368 e. The summed E-state index contributed by atoms with van der Waals surface area (Å²) in [6, 6.07) is 4.04. The van der Waals surface area contributed by atoms with Crippen molar-refractivity contribution < 1.29 is 4.79 Å². The van der Waals surface area contributed by atoms with Crippen LogP contribution in [0, 0.1) is 5.92 Å². The molecule has 2 saturated heterocycles. The maximum Gasteiger partial charge on any atom is 0.222 e.